The van der Waals surface area contributed by atoms with E-state index in [-0.39, 0.29) is 37.0 Å². The van der Waals surface area contributed by atoms with E-state index >= 15 is 4.39 Å². The summed E-state index contributed by atoms with van der Waals surface area (Å²) in [6.07, 6.45) is 1.23. The van der Waals surface area contributed by atoms with Crippen LogP contribution in [0.3, 0.4) is 0 Å². The number of carbonyl (C=O) groups excluding carboxylic acids is 3. The molecule has 6 nitrogen and oxygen atoms in total. The summed E-state index contributed by atoms with van der Waals surface area (Å²) in [6, 6.07) is 7.38. The van der Waals surface area contributed by atoms with E-state index in [4.69, 9.17) is 4.74 Å². The first-order valence-corrected chi connectivity index (χ1v) is 10.1. The zero-order valence-electron chi connectivity index (χ0n) is 17.3. The molecule has 1 aromatic carbocycles. The largest absolute Gasteiger partial charge is 0.444 e. The summed E-state index contributed by atoms with van der Waals surface area (Å²) < 4.78 is 20.7. The fourth-order valence-corrected chi connectivity index (χ4v) is 3.84. The van der Waals surface area contributed by atoms with Gasteiger partial charge in [0.25, 0.3) is 0 Å². The van der Waals surface area contributed by atoms with Crippen molar-refractivity contribution < 1.29 is 23.5 Å². The predicted molar refractivity (Wildman–Crippen MR) is 106 cm³/mol. The standard InChI is InChI=1S/C22H29FN2O4/c1-21(2,3)29-20(28)25-12-10-22(23,11-13-25)14-15-4-6-16(7-5-15)17-8-9-18(26)24-19(17)27/h4-7,17H,8-14H2,1-3H3,(H,24,26,27). The second kappa shape index (κ2) is 8.13. The molecule has 0 aliphatic carbocycles. The Bertz CT molecular complexity index is 777. The fourth-order valence-electron chi connectivity index (χ4n) is 3.84. The quantitative estimate of drug-likeness (QED) is 0.783. The highest BCUT2D eigenvalue weighted by Crippen LogP contribution is 2.32. The third-order valence-electron chi connectivity index (χ3n) is 5.45. The predicted octanol–water partition coefficient (Wildman–Crippen LogP) is 3.49. The lowest BCUT2D eigenvalue weighted by Gasteiger charge is -2.37. The van der Waals surface area contributed by atoms with E-state index in [1.807, 2.05) is 45.0 Å². The van der Waals surface area contributed by atoms with Crippen LogP contribution >= 0.6 is 0 Å². The van der Waals surface area contributed by atoms with Crippen molar-refractivity contribution in [2.75, 3.05) is 13.1 Å². The maximum absolute atomic E-state index is 15.3. The van der Waals surface area contributed by atoms with Crippen LogP contribution in [-0.2, 0) is 20.7 Å². The number of ether oxygens (including phenoxy) is 1. The van der Waals surface area contributed by atoms with E-state index in [9.17, 15) is 14.4 Å². The Morgan fingerprint density at radius 2 is 1.83 bits per heavy atom. The average molecular weight is 404 g/mol. The van der Waals surface area contributed by atoms with Crippen molar-refractivity contribution in [2.45, 2.75) is 70.1 Å². The molecule has 1 unspecified atom stereocenters. The zero-order valence-corrected chi connectivity index (χ0v) is 17.3. The van der Waals surface area contributed by atoms with Gasteiger partial charge in [-0.05, 0) is 51.2 Å². The van der Waals surface area contributed by atoms with Crippen molar-refractivity contribution in [2.24, 2.45) is 0 Å². The molecule has 158 valence electrons. The van der Waals surface area contributed by atoms with E-state index in [0.29, 0.717) is 25.9 Å². The normalized spacial score (nSPS) is 22.2. The Balaban J connectivity index is 1.56. The second-order valence-electron chi connectivity index (χ2n) is 9.04. The molecule has 0 bridgehead atoms. The lowest BCUT2D eigenvalue weighted by atomic mass is 9.85. The van der Waals surface area contributed by atoms with Gasteiger partial charge in [0, 0.05) is 25.9 Å². The van der Waals surface area contributed by atoms with Crippen LogP contribution in [0.15, 0.2) is 24.3 Å². The number of nitrogens with one attached hydrogen (secondary N) is 1. The van der Waals surface area contributed by atoms with Crippen LogP contribution in [0.25, 0.3) is 0 Å². The molecule has 3 rings (SSSR count). The summed E-state index contributed by atoms with van der Waals surface area (Å²) in [6.45, 7) is 6.10. The van der Waals surface area contributed by atoms with Crippen molar-refractivity contribution in [3.63, 3.8) is 0 Å². The number of halogens is 1. The topological polar surface area (TPSA) is 75.7 Å². The van der Waals surface area contributed by atoms with Crippen LogP contribution in [0.2, 0.25) is 0 Å². The number of carbonyl (C=O) groups is 3. The molecular weight excluding hydrogens is 375 g/mol. The molecular formula is C22H29FN2O4. The molecule has 2 aliphatic rings. The number of amides is 3. The molecule has 29 heavy (non-hydrogen) atoms. The van der Waals surface area contributed by atoms with Crippen molar-refractivity contribution in [3.8, 4) is 0 Å². The van der Waals surface area contributed by atoms with Gasteiger partial charge in [0.2, 0.25) is 11.8 Å². The zero-order chi connectivity index (χ0) is 21.2. The lowest BCUT2D eigenvalue weighted by Crippen LogP contribution is -2.47. The molecule has 0 radical (unpaired) electrons. The molecule has 3 amide bonds. The smallest absolute Gasteiger partial charge is 0.410 e. The number of imide groups is 1. The number of piperidine rings is 2. The van der Waals surface area contributed by atoms with Crippen LogP contribution in [0.5, 0.6) is 0 Å². The van der Waals surface area contributed by atoms with Crippen LogP contribution in [0.1, 0.15) is 63.5 Å². The molecule has 0 aromatic heterocycles. The van der Waals surface area contributed by atoms with Gasteiger partial charge < -0.3 is 9.64 Å². The van der Waals surface area contributed by atoms with Gasteiger partial charge in [0.05, 0.1) is 5.92 Å². The minimum atomic E-state index is -1.37. The van der Waals surface area contributed by atoms with E-state index in [0.717, 1.165) is 11.1 Å². The Labute approximate surface area is 170 Å². The molecule has 2 saturated heterocycles. The number of likely N-dealkylation sites (tertiary alicyclic amines) is 1. The highest BCUT2D eigenvalue weighted by atomic mass is 19.1. The van der Waals surface area contributed by atoms with Crippen molar-refractivity contribution >= 4 is 17.9 Å². The van der Waals surface area contributed by atoms with Crippen LogP contribution in [0.4, 0.5) is 9.18 Å². The van der Waals surface area contributed by atoms with E-state index < -0.39 is 17.4 Å². The number of benzene rings is 1. The van der Waals surface area contributed by atoms with E-state index in [2.05, 4.69) is 5.32 Å². The Kier molecular flexibility index (Phi) is 5.96. The van der Waals surface area contributed by atoms with Crippen LogP contribution in [0, 0.1) is 0 Å². The van der Waals surface area contributed by atoms with Gasteiger partial charge in [-0.1, -0.05) is 24.3 Å². The molecule has 0 saturated carbocycles. The number of rotatable bonds is 3. The summed E-state index contributed by atoms with van der Waals surface area (Å²) in [5.74, 6) is -0.844. The van der Waals surface area contributed by atoms with Gasteiger partial charge in [-0.2, -0.15) is 0 Å². The minimum absolute atomic E-state index is 0.236. The SMILES string of the molecule is CC(C)(C)OC(=O)N1CCC(F)(Cc2ccc(C3CCC(=O)NC3=O)cc2)CC1. The van der Waals surface area contributed by atoms with Gasteiger partial charge in [-0.15, -0.1) is 0 Å². The molecule has 7 heteroatoms. The Hall–Kier alpha value is -2.44. The van der Waals surface area contributed by atoms with Crippen molar-refractivity contribution in [3.05, 3.63) is 35.4 Å². The molecule has 2 aliphatic heterocycles. The minimum Gasteiger partial charge on any atom is -0.444 e. The number of hydrogen-bond donors (Lipinski definition) is 1. The molecule has 1 aromatic rings. The summed E-state index contributed by atoms with van der Waals surface area (Å²) >= 11 is 0. The first kappa shape index (κ1) is 21.3. The summed E-state index contributed by atoms with van der Waals surface area (Å²) in [5.41, 5.74) is -0.235. The van der Waals surface area contributed by atoms with Crippen molar-refractivity contribution in [1.29, 1.82) is 0 Å². The number of alkyl halides is 1. The van der Waals surface area contributed by atoms with Crippen LogP contribution < -0.4 is 5.32 Å². The molecule has 2 fully saturated rings. The fraction of sp³-hybridized carbons (Fsp3) is 0.591. The highest BCUT2D eigenvalue weighted by Gasteiger charge is 2.37. The highest BCUT2D eigenvalue weighted by molar-refractivity contribution is 6.00. The van der Waals surface area contributed by atoms with Gasteiger partial charge in [0.1, 0.15) is 11.3 Å². The van der Waals surface area contributed by atoms with E-state index in [1.54, 1.807) is 4.90 Å². The third kappa shape index (κ3) is 5.55. The summed E-state index contributed by atoms with van der Waals surface area (Å²) in [5, 5.41) is 2.36. The Morgan fingerprint density at radius 1 is 1.21 bits per heavy atom. The first-order chi connectivity index (χ1) is 13.5. The third-order valence-corrected chi connectivity index (χ3v) is 5.45. The maximum Gasteiger partial charge on any atom is 0.410 e. The monoisotopic (exact) mass is 404 g/mol. The van der Waals surface area contributed by atoms with Gasteiger partial charge in [-0.25, -0.2) is 9.18 Å². The summed E-state index contributed by atoms with van der Waals surface area (Å²) in [7, 11) is 0. The van der Waals surface area contributed by atoms with Gasteiger partial charge >= 0.3 is 6.09 Å². The number of hydrogen-bond acceptors (Lipinski definition) is 4. The average Bonchev–Trinajstić information content (AvgIpc) is 2.61. The maximum atomic E-state index is 15.3. The molecule has 0 spiro atoms. The first-order valence-electron chi connectivity index (χ1n) is 10.1. The Morgan fingerprint density at radius 3 is 2.38 bits per heavy atom. The molecule has 1 atom stereocenters. The summed E-state index contributed by atoms with van der Waals surface area (Å²) in [4.78, 5) is 37.0. The molecule has 2 heterocycles. The van der Waals surface area contributed by atoms with Gasteiger partial charge in [0.15, 0.2) is 0 Å². The van der Waals surface area contributed by atoms with Crippen molar-refractivity contribution in [1.82, 2.24) is 10.2 Å². The lowest BCUT2D eigenvalue weighted by molar-refractivity contribution is -0.134. The van der Waals surface area contributed by atoms with E-state index in [1.165, 1.54) is 0 Å². The van der Waals surface area contributed by atoms with Crippen LogP contribution in [-0.4, -0.2) is 47.2 Å². The van der Waals surface area contributed by atoms with Gasteiger partial charge in [-0.3, -0.25) is 14.9 Å². The number of nitrogens with zero attached hydrogens (tertiary/aromatic N) is 1. The molecule has 1 N–H and O–H groups in total. The second-order valence-corrected chi connectivity index (χ2v) is 9.04.